The summed E-state index contributed by atoms with van der Waals surface area (Å²) in [6, 6.07) is 11.4. The molecule has 24 heavy (non-hydrogen) atoms. The summed E-state index contributed by atoms with van der Waals surface area (Å²) < 4.78 is 13.9. The number of hydrogen-bond acceptors (Lipinski definition) is 3. The topological polar surface area (TPSA) is 52.6 Å². The first-order valence-electron chi connectivity index (χ1n) is 7.83. The summed E-state index contributed by atoms with van der Waals surface area (Å²) >= 11 is 5.72. The second-order valence-electron chi connectivity index (χ2n) is 5.81. The number of benzene rings is 2. The van der Waals surface area contributed by atoms with Gasteiger partial charge < -0.3 is 15.3 Å². The molecule has 0 unspecified atom stereocenters. The van der Waals surface area contributed by atoms with Gasteiger partial charge in [-0.1, -0.05) is 23.7 Å². The van der Waals surface area contributed by atoms with Gasteiger partial charge in [-0.05, 0) is 43.2 Å². The summed E-state index contributed by atoms with van der Waals surface area (Å²) in [5, 5.41) is 12.7. The molecule has 0 radical (unpaired) electrons. The van der Waals surface area contributed by atoms with Gasteiger partial charge in [-0.2, -0.15) is 0 Å². The molecule has 1 aliphatic rings. The zero-order chi connectivity index (χ0) is 17.1. The van der Waals surface area contributed by atoms with Crippen LogP contribution in [0, 0.1) is 5.82 Å². The minimum atomic E-state index is -0.654. The summed E-state index contributed by atoms with van der Waals surface area (Å²) in [6.45, 7) is 1.42. The van der Waals surface area contributed by atoms with Crippen molar-refractivity contribution in [2.75, 3.05) is 23.3 Å². The molecule has 6 heteroatoms. The minimum Gasteiger partial charge on any atom is -0.393 e. The molecule has 126 valence electrons. The molecule has 1 fully saturated rings. The van der Waals surface area contributed by atoms with Crippen molar-refractivity contribution in [1.82, 2.24) is 0 Å². The molecule has 0 aromatic heterocycles. The number of aliphatic hydroxyl groups excluding tert-OH is 1. The zero-order valence-corrected chi connectivity index (χ0v) is 13.8. The van der Waals surface area contributed by atoms with Gasteiger partial charge in [0.1, 0.15) is 5.82 Å². The van der Waals surface area contributed by atoms with Crippen LogP contribution in [0.2, 0.25) is 5.02 Å². The Morgan fingerprint density at radius 2 is 1.92 bits per heavy atom. The number of rotatable bonds is 3. The van der Waals surface area contributed by atoms with Crippen LogP contribution >= 0.6 is 11.6 Å². The predicted octanol–water partition coefficient (Wildman–Crippen LogP) is 3.69. The maximum Gasteiger partial charge on any atom is 0.258 e. The number of aliphatic hydroxyl groups is 1. The fourth-order valence-electron chi connectivity index (χ4n) is 2.83. The predicted molar refractivity (Wildman–Crippen MR) is 93.3 cm³/mol. The van der Waals surface area contributed by atoms with Crippen molar-refractivity contribution in [2.45, 2.75) is 18.9 Å². The van der Waals surface area contributed by atoms with Gasteiger partial charge in [0, 0.05) is 18.1 Å². The number of nitrogens with zero attached hydrogens (tertiary/aromatic N) is 1. The van der Waals surface area contributed by atoms with E-state index in [1.807, 2.05) is 18.2 Å². The van der Waals surface area contributed by atoms with Crippen molar-refractivity contribution in [3.63, 3.8) is 0 Å². The number of anilines is 2. The highest BCUT2D eigenvalue weighted by Gasteiger charge is 2.20. The van der Waals surface area contributed by atoms with E-state index in [0.29, 0.717) is 31.6 Å². The lowest BCUT2D eigenvalue weighted by molar-refractivity contribution is 0.102. The van der Waals surface area contributed by atoms with Crippen molar-refractivity contribution in [1.29, 1.82) is 0 Å². The summed E-state index contributed by atoms with van der Waals surface area (Å²) in [4.78, 5) is 14.5. The molecule has 1 saturated heterocycles. The third-order valence-corrected chi connectivity index (χ3v) is 4.37. The number of carbonyl (C=O) groups is 1. The van der Waals surface area contributed by atoms with Crippen LogP contribution in [-0.4, -0.2) is 30.2 Å². The summed E-state index contributed by atoms with van der Waals surface area (Å²) in [5.41, 5.74) is 1.43. The Morgan fingerprint density at radius 1 is 1.21 bits per heavy atom. The third kappa shape index (κ3) is 3.68. The molecule has 0 aliphatic carbocycles. The lowest BCUT2D eigenvalue weighted by Crippen LogP contribution is -2.36. The van der Waals surface area contributed by atoms with Crippen molar-refractivity contribution < 1.29 is 14.3 Å². The van der Waals surface area contributed by atoms with Crippen LogP contribution in [0.25, 0.3) is 0 Å². The molecule has 2 N–H and O–H groups in total. The number of nitrogens with one attached hydrogen (secondary N) is 1. The first-order chi connectivity index (χ1) is 11.5. The van der Waals surface area contributed by atoms with Crippen molar-refractivity contribution in [2.24, 2.45) is 0 Å². The van der Waals surface area contributed by atoms with Crippen LogP contribution in [0.4, 0.5) is 15.8 Å². The number of carbonyl (C=O) groups excluding carboxylic acids is 1. The first kappa shape index (κ1) is 16.7. The average Bonchev–Trinajstić information content (AvgIpc) is 2.56. The smallest absolute Gasteiger partial charge is 0.258 e. The van der Waals surface area contributed by atoms with E-state index in [1.54, 1.807) is 6.07 Å². The quantitative estimate of drug-likeness (QED) is 0.889. The van der Waals surface area contributed by atoms with Gasteiger partial charge in [-0.25, -0.2) is 4.39 Å². The fraction of sp³-hybridized carbons (Fsp3) is 0.278. The second kappa shape index (κ2) is 7.20. The average molecular weight is 349 g/mol. The Bertz CT molecular complexity index is 746. The Labute approximate surface area is 144 Å². The lowest BCUT2D eigenvalue weighted by Gasteiger charge is -2.32. The Morgan fingerprint density at radius 3 is 2.62 bits per heavy atom. The van der Waals surface area contributed by atoms with E-state index < -0.39 is 11.7 Å². The van der Waals surface area contributed by atoms with Gasteiger partial charge in [0.05, 0.1) is 23.0 Å². The van der Waals surface area contributed by atoms with Gasteiger partial charge in [0.2, 0.25) is 0 Å². The molecule has 3 rings (SSSR count). The molecule has 2 aromatic carbocycles. The van der Waals surface area contributed by atoms with Gasteiger partial charge in [-0.3, -0.25) is 4.79 Å². The van der Waals surface area contributed by atoms with E-state index in [0.717, 1.165) is 11.8 Å². The molecular weight excluding hydrogens is 331 g/mol. The molecule has 0 atom stereocenters. The van der Waals surface area contributed by atoms with Crippen LogP contribution in [0.15, 0.2) is 42.5 Å². The maximum atomic E-state index is 13.9. The van der Waals surface area contributed by atoms with Crippen LogP contribution in [0.1, 0.15) is 23.2 Å². The molecule has 0 spiro atoms. The van der Waals surface area contributed by atoms with Gasteiger partial charge in [0.25, 0.3) is 5.91 Å². The highest BCUT2D eigenvalue weighted by molar-refractivity contribution is 6.30. The van der Waals surface area contributed by atoms with Gasteiger partial charge in [-0.15, -0.1) is 0 Å². The van der Waals surface area contributed by atoms with E-state index >= 15 is 0 Å². The molecule has 0 saturated carbocycles. The lowest BCUT2D eigenvalue weighted by atomic mass is 10.1. The van der Waals surface area contributed by atoms with Crippen molar-refractivity contribution >= 4 is 28.9 Å². The van der Waals surface area contributed by atoms with Crippen LogP contribution in [0.5, 0.6) is 0 Å². The van der Waals surface area contributed by atoms with E-state index in [1.165, 1.54) is 12.1 Å². The number of para-hydroxylation sites is 2. The standard InChI is InChI=1S/C18H18ClFN2O2/c19-12-5-6-14(15(20)11-12)18(24)21-16-3-1-2-4-17(16)22-9-7-13(23)8-10-22/h1-6,11,13,23H,7-10H2,(H,21,24). The molecule has 1 aliphatic heterocycles. The Balaban J connectivity index is 1.81. The normalized spacial score (nSPS) is 15.4. The summed E-state index contributed by atoms with van der Waals surface area (Å²) in [7, 11) is 0. The number of halogens is 2. The molecule has 1 heterocycles. The molecule has 1 amide bonds. The Kier molecular flexibility index (Phi) is 5.02. The minimum absolute atomic E-state index is 0.0525. The largest absolute Gasteiger partial charge is 0.393 e. The number of amides is 1. The third-order valence-electron chi connectivity index (χ3n) is 4.13. The molecule has 4 nitrogen and oxygen atoms in total. The molecular formula is C18H18ClFN2O2. The van der Waals surface area contributed by atoms with E-state index in [2.05, 4.69) is 10.2 Å². The van der Waals surface area contributed by atoms with E-state index in [-0.39, 0.29) is 16.7 Å². The summed E-state index contributed by atoms with van der Waals surface area (Å²) in [6.07, 6.45) is 1.11. The zero-order valence-electron chi connectivity index (χ0n) is 13.0. The number of hydrogen-bond donors (Lipinski definition) is 2. The number of piperidine rings is 1. The van der Waals surface area contributed by atoms with Crippen molar-refractivity contribution in [3.05, 3.63) is 58.9 Å². The second-order valence-corrected chi connectivity index (χ2v) is 6.25. The van der Waals surface area contributed by atoms with Gasteiger partial charge >= 0.3 is 0 Å². The monoisotopic (exact) mass is 348 g/mol. The summed E-state index contributed by atoms with van der Waals surface area (Å²) in [5.74, 6) is -1.17. The van der Waals surface area contributed by atoms with Crippen LogP contribution in [-0.2, 0) is 0 Å². The fourth-order valence-corrected chi connectivity index (χ4v) is 2.98. The SMILES string of the molecule is O=C(Nc1ccccc1N1CCC(O)CC1)c1ccc(Cl)cc1F. The van der Waals surface area contributed by atoms with Crippen molar-refractivity contribution in [3.8, 4) is 0 Å². The highest BCUT2D eigenvalue weighted by Crippen LogP contribution is 2.29. The Hall–Kier alpha value is -2.11. The van der Waals surface area contributed by atoms with Crippen LogP contribution in [0.3, 0.4) is 0 Å². The van der Waals surface area contributed by atoms with E-state index in [9.17, 15) is 14.3 Å². The van der Waals surface area contributed by atoms with Crippen LogP contribution < -0.4 is 10.2 Å². The molecule has 0 bridgehead atoms. The maximum absolute atomic E-state index is 13.9. The van der Waals surface area contributed by atoms with E-state index in [4.69, 9.17) is 11.6 Å². The first-order valence-corrected chi connectivity index (χ1v) is 8.21. The highest BCUT2D eigenvalue weighted by atomic mass is 35.5. The molecule has 2 aromatic rings. The van der Waals surface area contributed by atoms with Gasteiger partial charge in [0.15, 0.2) is 0 Å².